The highest BCUT2D eigenvalue weighted by Crippen LogP contribution is 2.18. The summed E-state index contributed by atoms with van der Waals surface area (Å²) in [5.74, 6) is 0. The van der Waals surface area contributed by atoms with Crippen molar-refractivity contribution in [1.82, 2.24) is 4.98 Å². The summed E-state index contributed by atoms with van der Waals surface area (Å²) in [5.41, 5.74) is 0.850. The van der Waals surface area contributed by atoms with Crippen LogP contribution >= 0.6 is 34.5 Å². The Labute approximate surface area is 108 Å². The first-order valence-electron chi connectivity index (χ1n) is 4.67. The van der Waals surface area contributed by atoms with Gasteiger partial charge < -0.3 is 4.74 Å². The highest BCUT2D eigenvalue weighted by Gasteiger charge is 2.03. The molecule has 2 nitrogen and oxygen atoms in total. The Morgan fingerprint density at radius 1 is 1.19 bits per heavy atom. The van der Waals surface area contributed by atoms with Gasteiger partial charge in [0.15, 0.2) is 0 Å². The molecule has 0 aliphatic heterocycles. The fourth-order valence-electron chi connectivity index (χ4n) is 1.20. The molecule has 2 aromatic rings. The molecule has 0 radical (unpaired) electrons. The maximum absolute atomic E-state index is 5.92. The van der Waals surface area contributed by atoms with E-state index in [0.717, 1.165) is 5.56 Å². The lowest BCUT2D eigenvalue weighted by atomic mass is 10.3. The number of hydrogen-bond acceptors (Lipinski definition) is 3. The predicted octanol–water partition coefficient (Wildman–Crippen LogP) is 4.17. The number of rotatable bonds is 4. The predicted molar refractivity (Wildman–Crippen MR) is 67.1 cm³/mol. The van der Waals surface area contributed by atoms with E-state index in [1.807, 2.05) is 23.6 Å². The lowest BCUT2D eigenvalue weighted by Gasteiger charge is -2.04. The molecule has 0 unspecified atom stereocenters. The van der Waals surface area contributed by atoms with Gasteiger partial charge in [0, 0.05) is 10.4 Å². The van der Waals surface area contributed by atoms with Crippen LogP contribution in [0.2, 0.25) is 10.3 Å². The van der Waals surface area contributed by atoms with Gasteiger partial charge in [0.2, 0.25) is 0 Å². The molecule has 84 valence electrons. The maximum Gasteiger partial charge on any atom is 0.136 e. The lowest BCUT2D eigenvalue weighted by Crippen LogP contribution is -1.94. The quantitative estimate of drug-likeness (QED) is 0.781. The SMILES string of the molecule is Clc1ccc(COCc2cccs2)c(Cl)n1. The number of ether oxygens (including phenoxy) is 1. The average molecular weight is 274 g/mol. The molecule has 0 amide bonds. The summed E-state index contributed by atoms with van der Waals surface area (Å²) in [6.45, 7) is 1.04. The molecule has 16 heavy (non-hydrogen) atoms. The molecule has 0 fully saturated rings. The zero-order valence-electron chi connectivity index (χ0n) is 8.32. The van der Waals surface area contributed by atoms with Gasteiger partial charge in [-0.05, 0) is 17.5 Å². The molecule has 2 rings (SSSR count). The van der Waals surface area contributed by atoms with Crippen LogP contribution in [0.5, 0.6) is 0 Å². The third-order valence-corrected chi connectivity index (χ3v) is 3.36. The van der Waals surface area contributed by atoms with Crippen molar-refractivity contribution < 1.29 is 4.74 Å². The third-order valence-electron chi connectivity index (χ3n) is 1.97. The fraction of sp³-hybridized carbons (Fsp3) is 0.182. The molecule has 0 spiro atoms. The highest BCUT2D eigenvalue weighted by atomic mass is 35.5. The number of pyridine rings is 1. The van der Waals surface area contributed by atoms with Crippen molar-refractivity contribution >= 4 is 34.5 Å². The van der Waals surface area contributed by atoms with Crippen LogP contribution in [0, 0.1) is 0 Å². The van der Waals surface area contributed by atoms with Crippen LogP contribution in [0.1, 0.15) is 10.4 Å². The smallest absolute Gasteiger partial charge is 0.136 e. The van der Waals surface area contributed by atoms with Crippen LogP contribution in [0.15, 0.2) is 29.6 Å². The van der Waals surface area contributed by atoms with Gasteiger partial charge in [-0.25, -0.2) is 4.98 Å². The minimum Gasteiger partial charge on any atom is -0.371 e. The van der Waals surface area contributed by atoms with E-state index in [2.05, 4.69) is 4.98 Å². The molecule has 0 N–H and O–H groups in total. The van der Waals surface area contributed by atoms with E-state index in [9.17, 15) is 0 Å². The van der Waals surface area contributed by atoms with E-state index in [4.69, 9.17) is 27.9 Å². The summed E-state index contributed by atoms with van der Waals surface area (Å²) in [7, 11) is 0. The summed E-state index contributed by atoms with van der Waals surface area (Å²) in [6.07, 6.45) is 0. The summed E-state index contributed by atoms with van der Waals surface area (Å²) in [5, 5.41) is 2.82. The van der Waals surface area contributed by atoms with Gasteiger partial charge >= 0.3 is 0 Å². The summed E-state index contributed by atoms with van der Waals surface area (Å²) in [6, 6.07) is 7.57. The van der Waals surface area contributed by atoms with Crippen molar-refractivity contribution in [2.75, 3.05) is 0 Å². The largest absolute Gasteiger partial charge is 0.371 e. The van der Waals surface area contributed by atoms with Gasteiger partial charge in [0.05, 0.1) is 13.2 Å². The van der Waals surface area contributed by atoms with Crippen LogP contribution in [-0.4, -0.2) is 4.98 Å². The first-order chi connectivity index (χ1) is 7.75. The Bertz CT molecular complexity index is 459. The molecule has 0 atom stereocenters. The second kappa shape index (κ2) is 5.64. The van der Waals surface area contributed by atoms with Crippen molar-refractivity contribution in [1.29, 1.82) is 0 Å². The Morgan fingerprint density at radius 3 is 2.75 bits per heavy atom. The second-order valence-electron chi connectivity index (χ2n) is 3.16. The van der Waals surface area contributed by atoms with Crippen LogP contribution in [0.4, 0.5) is 0 Å². The van der Waals surface area contributed by atoms with E-state index >= 15 is 0 Å². The molecule has 0 saturated heterocycles. The molecule has 5 heteroatoms. The number of nitrogens with zero attached hydrogens (tertiary/aromatic N) is 1. The Hall–Kier alpha value is -0.610. The Morgan fingerprint density at radius 2 is 2.06 bits per heavy atom. The average Bonchev–Trinajstić information content (AvgIpc) is 2.74. The van der Waals surface area contributed by atoms with Gasteiger partial charge in [0.1, 0.15) is 10.3 Å². The van der Waals surface area contributed by atoms with E-state index in [0.29, 0.717) is 23.5 Å². The van der Waals surface area contributed by atoms with Crippen molar-refractivity contribution in [2.45, 2.75) is 13.2 Å². The fourth-order valence-corrected chi connectivity index (χ4v) is 2.24. The van der Waals surface area contributed by atoms with Gasteiger partial charge in [-0.2, -0.15) is 0 Å². The van der Waals surface area contributed by atoms with E-state index in [-0.39, 0.29) is 0 Å². The molecule has 0 saturated carbocycles. The van der Waals surface area contributed by atoms with Crippen LogP contribution in [-0.2, 0) is 18.0 Å². The zero-order chi connectivity index (χ0) is 11.4. The normalized spacial score (nSPS) is 10.6. The molecule has 0 bridgehead atoms. The molecular formula is C11H9Cl2NOS. The van der Waals surface area contributed by atoms with E-state index in [1.54, 1.807) is 17.4 Å². The van der Waals surface area contributed by atoms with Gasteiger partial charge in [-0.3, -0.25) is 0 Å². The van der Waals surface area contributed by atoms with E-state index in [1.165, 1.54) is 4.88 Å². The summed E-state index contributed by atoms with van der Waals surface area (Å²) in [4.78, 5) is 5.14. The first-order valence-corrected chi connectivity index (χ1v) is 6.30. The minimum atomic E-state index is 0.395. The Balaban J connectivity index is 1.90. The van der Waals surface area contributed by atoms with E-state index < -0.39 is 0 Å². The summed E-state index contributed by atoms with van der Waals surface area (Å²) >= 11 is 13.3. The van der Waals surface area contributed by atoms with Crippen molar-refractivity contribution in [3.63, 3.8) is 0 Å². The third kappa shape index (κ3) is 3.19. The van der Waals surface area contributed by atoms with Crippen LogP contribution in [0.3, 0.4) is 0 Å². The molecule has 0 aliphatic carbocycles. The maximum atomic E-state index is 5.92. The molecular weight excluding hydrogens is 265 g/mol. The molecule has 2 aromatic heterocycles. The second-order valence-corrected chi connectivity index (χ2v) is 4.93. The number of halogens is 2. The topological polar surface area (TPSA) is 22.1 Å². The Kier molecular flexibility index (Phi) is 4.18. The first kappa shape index (κ1) is 11.9. The van der Waals surface area contributed by atoms with Gasteiger partial charge in [0.25, 0.3) is 0 Å². The van der Waals surface area contributed by atoms with Crippen molar-refractivity contribution in [2.24, 2.45) is 0 Å². The van der Waals surface area contributed by atoms with Gasteiger partial charge in [-0.15, -0.1) is 11.3 Å². The van der Waals surface area contributed by atoms with Crippen molar-refractivity contribution in [3.8, 4) is 0 Å². The highest BCUT2D eigenvalue weighted by molar-refractivity contribution is 7.09. The number of aromatic nitrogens is 1. The van der Waals surface area contributed by atoms with Crippen LogP contribution in [0.25, 0.3) is 0 Å². The standard InChI is InChI=1S/C11H9Cl2NOS/c12-10-4-3-8(11(13)14-10)6-15-7-9-2-1-5-16-9/h1-5H,6-7H2. The number of thiophene rings is 1. The lowest BCUT2D eigenvalue weighted by molar-refractivity contribution is 0.109. The molecule has 2 heterocycles. The number of hydrogen-bond donors (Lipinski definition) is 0. The monoisotopic (exact) mass is 273 g/mol. The van der Waals surface area contributed by atoms with Crippen molar-refractivity contribution in [3.05, 3.63) is 50.4 Å². The summed E-state index contributed by atoms with van der Waals surface area (Å²) < 4.78 is 5.53. The van der Waals surface area contributed by atoms with Gasteiger partial charge in [-0.1, -0.05) is 35.3 Å². The molecule has 0 aromatic carbocycles. The molecule has 0 aliphatic rings. The zero-order valence-corrected chi connectivity index (χ0v) is 10.6. The minimum absolute atomic E-state index is 0.395. The van der Waals surface area contributed by atoms with Crippen LogP contribution < -0.4 is 0 Å².